The lowest BCUT2D eigenvalue weighted by atomic mass is 10.1. The first kappa shape index (κ1) is 20.5. The fraction of sp³-hybridized carbons (Fsp3) is 0.333. The molecule has 1 heterocycles. The van der Waals surface area contributed by atoms with Gasteiger partial charge in [-0.3, -0.25) is 9.36 Å². The summed E-state index contributed by atoms with van der Waals surface area (Å²) >= 11 is 1.50. The van der Waals surface area contributed by atoms with Gasteiger partial charge in [0.2, 0.25) is 5.91 Å². The minimum Gasteiger partial charge on any atom is -0.497 e. The molecule has 1 aliphatic rings. The number of benzene rings is 2. The minimum absolute atomic E-state index is 0.161. The van der Waals surface area contributed by atoms with Crippen LogP contribution in [0, 0.1) is 13.8 Å². The number of carbonyl (C=O) groups excluding carboxylic acids is 1. The molecule has 0 radical (unpaired) electrons. The van der Waals surface area contributed by atoms with Crippen LogP contribution in [0.5, 0.6) is 5.75 Å². The number of methoxy groups -OCH3 is 1. The van der Waals surface area contributed by atoms with Gasteiger partial charge in [-0.25, -0.2) is 4.98 Å². The zero-order valence-corrected chi connectivity index (χ0v) is 18.5. The third-order valence-electron chi connectivity index (χ3n) is 5.59. The molecule has 0 N–H and O–H groups in total. The number of thioether (sulfide) groups is 1. The second-order valence-corrected chi connectivity index (χ2v) is 8.63. The number of nitrogens with zero attached hydrogens (tertiary/aromatic N) is 3. The van der Waals surface area contributed by atoms with E-state index >= 15 is 0 Å². The Kier molecular flexibility index (Phi) is 6.13. The van der Waals surface area contributed by atoms with E-state index in [-0.39, 0.29) is 5.91 Å². The maximum absolute atomic E-state index is 13.1. The summed E-state index contributed by atoms with van der Waals surface area (Å²) in [6.07, 6.45) is 5.93. The minimum atomic E-state index is 0.161. The zero-order valence-electron chi connectivity index (χ0n) is 17.7. The molecule has 4 rings (SSSR count). The van der Waals surface area contributed by atoms with Gasteiger partial charge in [-0.2, -0.15) is 0 Å². The van der Waals surface area contributed by atoms with Gasteiger partial charge in [-0.05, 0) is 61.6 Å². The quantitative estimate of drug-likeness (QED) is 0.491. The monoisotopic (exact) mass is 421 g/mol. The van der Waals surface area contributed by atoms with E-state index in [4.69, 9.17) is 4.74 Å². The van der Waals surface area contributed by atoms with Gasteiger partial charge in [0.1, 0.15) is 5.75 Å². The summed E-state index contributed by atoms with van der Waals surface area (Å²) in [4.78, 5) is 19.6. The predicted octanol–water partition coefficient (Wildman–Crippen LogP) is 4.78. The highest BCUT2D eigenvalue weighted by Gasteiger charge is 2.32. The summed E-state index contributed by atoms with van der Waals surface area (Å²) < 4.78 is 7.31. The van der Waals surface area contributed by atoms with Crippen molar-refractivity contribution in [1.29, 1.82) is 0 Å². The molecule has 0 spiro atoms. The summed E-state index contributed by atoms with van der Waals surface area (Å²) in [6.45, 7) is 4.87. The standard InChI is InChI=1S/C24H27N3O2S/c1-17-5-4-6-22(18(17)2)26-14-13-25-24(26)30-16-23(28)27(20-9-10-20)15-19-7-11-21(29-3)12-8-19/h4-8,11-14,20H,9-10,15-16H2,1-3H3. The first-order valence-corrected chi connectivity index (χ1v) is 11.2. The van der Waals surface area contributed by atoms with E-state index < -0.39 is 0 Å². The summed E-state index contributed by atoms with van der Waals surface area (Å²) in [5.74, 6) is 1.37. The van der Waals surface area contributed by atoms with Crippen molar-refractivity contribution in [2.24, 2.45) is 0 Å². The van der Waals surface area contributed by atoms with Crippen LogP contribution in [0.1, 0.15) is 29.5 Å². The third-order valence-corrected chi connectivity index (χ3v) is 6.54. The Morgan fingerprint density at radius 2 is 1.97 bits per heavy atom. The van der Waals surface area contributed by atoms with Crippen molar-refractivity contribution in [3.05, 3.63) is 71.5 Å². The van der Waals surface area contributed by atoms with Crippen LogP contribution >= 0.6 is 11.8 Å². The molecule has 0 atom stereocenters. The van der Waals surface area contributed by atoms with E-state index in [1.165, 1.54) is 22.9 Å². The molecule has 156 valence electrons. The average Bonchev–Trinajstić information content (AvgIpc) is 3.50. The van der Waals surface area contributed by atoms with Gasteiger partial charge >= 0.3 is 0 Å². The molecule has 1 saturated carbocycles. The largest absolute Gasteiger partial charge is 0.497 e. The molecular formula is C24H27N3O2S. The lowest BCUT2D eigenvalue weighted by Crippen LogP contribution is -2.34. The molecule has 0 unspecified atom stereocenters. The smallest absolute Gasteiger partial charge is 0.233 e. The maximum atomic E-state index is 13.1. The van der Waals surface area contributed by atoms with Crippen molar-refractivity contribution in [2.45, 2.75) is 44.4 Å². The number of aromatic nitrogens is 2. The van der Waals surface area contributed by atoms with E-state index in [1.807, 2.05) is 35.4 Å². The van der Waals surface area contributed by atoms with E-state index in [9.17, 15) is 4.79 Å². The van der Waals surface area contributed by atoms with Gasteiger partial charge in [-0.1, -0.05) is 36.0 Å². The van der Waals surface area contributed by atoms with Gasteiger partial charge in [0.25, 0.3) is 0 Å². The molecule has 30 heavy (non-hydrogen) atoms. The summed E-state index contributed by atoms with van der Waals surface area (Å²) in [6, 6.07) is 14.6. The second kappa shape index (κ2) is 8.96. The van der Waals surface area contributed by atoms with E-state index in [1.54, 1.807) is 13.3 Å². The number of imidazole rings is 1. The van der Waals surface area contributed by atoms with Crippen molar-refractivity contribution >= 4 is 17.7 Å². The highest BCUT2D eigenvalue weighted by molar-refractivity contribution is 7.99. The molecule has 1 aliphatic carbocycles. The molecule has 5 nitrogen and oxygen atoms in total. The molecule has 0 saturated heterocycles. The van der Waals surface area contributed by atoms with Crippen LogP contribution in [-0.4, -0.2) is 39.3 Å². The SMILES string of the molecule is COc1ccc(CN(C(=O)CSc2nccn2-c2cccc(C)c2C)C2CC2)cc1. The molecule has 0 bridgehead atoms. The number of ether oxygens (including phenoxy) is 1. The Hall–Kier alpha value is -2.73. The molecule has 1 aromatic heterocycles. The van der Waals surface area contributed by atoms with Crippen molar-refractivity contribution in [2.75, 3.05) is 12.9 Å². The third kappa shape index (κ3) is 4.54. The van der Waals surface area contributed by atoms with Gasteiger partial charge in [0.05, 0.1) is 18.6 Å². The Bertz CT molecular complexity index is 1030. The molecule has 1 fully saturated rings. The Morgan fingerprint density at radius 3 is 2.67 bits per heavy atom. The van der Waals surface area contributed by atoms with Crippen LogP contribution in [-0.2, 0) is 11.3 Å². The van der Waals surface area contributed by atoms with Crippen LogP contribution in [0.15, 0.2) is 60.0 Å². The average molecular weight is 422 g/mol. The van der Waals surface area contributed by atoms with Crippen LogP contribution in [0.4, 0.5) is 0 Å². The fourth-order valence-corrected chi connectivity index (χ4v) is 4.37. The summed E-state index contributed by atoms with van der Waals surface area (Å²) in [5.41, 5.74) is 4.70. The molecule has 0 aliphatic heterocycles. The van der Waals surface area contributed by atoms with E-state index in [0.717, 1.165) is 35.0 Å². The van der Waals surface area contributed by atoms with Crippen molar-refractivity contribution in [1.82, 2.24) is 14.5 Å². The topological polar surface area (TPSA) is 47.4 Å². The first-order chi connectivity index (χ1) is 14.6. The molecule has 6 heteroatoms. The Morgan fingerprint density at radius 1 is 1.20 bits per heavy atom. The van der Waals surface area contributed by atoms with Gasteiger partial charge < -0.3 is 9.64 Å². The number of amides is 1. The summed E-state index contributed by atoms with van der Waals surface area (Å²) in [7, 11) is 1.66. The van der Waals surface area contributed by atoms with E-state index in [2.05, 4.69) is 41.6 Å². The van der Waals surface area contributed by atoms with Crippen molar-refractivity contribution in [3.8, 4) is 11.4 Å². The predicted molar refractivity (Wildman–Crippen MR) is 120 cm³/mol. The second-order valence-electron chi connectivity index (χ2n) is 7.69. The normalized spacial score (nSPS) is 13.3. The van der Waals surface area contributed by atoms with Gasteiger partial charge in [0.15, 0.2) is 5.16 Å². The molecule has 3 aromatic rings. The maximum Gasteiger partial charge on any atom is 0.233 e. The lowest BCUT2D eigenvalue weighted by molar-refractivity contribution is -0.129. The Balaban J connectivity index is 1.44. The van der Waals surface area contributed by atoms with Gasteiger partial charge in [-0.15, -0.1) is 0 Å². The van der Waals surface area contributed by atoms with Crippen LogP contribution in [0.3, 0.4) is 0 Å². The van der Waals surface area contributed by atoms with Crippen LogP contribution < -0.4 is 4.74 Å². The van der Waals surface area contributed by atoms with E-state index in [0.29, 0.717) is 18.3 Å². The number of hydrogen-bond acceptors (Lipinski definition) is 4. The van der Waals surface area contributed by atoms with Crippen molar-refractivity contribution in [3.63, 3.8) is 0 Å². The molecule has 1 amide bonds. The van der Waals surface area contributed by atoms with Crippen LogP contribution in [0.25, 0.3) is 5.69 Å². The Labute approximate surface area is 182 Å². The molecular weight excluding hydrogens is 394 g/mol. The number of aryl methyl sites for hydroxylation is 1. The number of hydrogen-bond donors (Lipinski definition) is 0. The number of rotatable bonds is 8. The van der Waals surface area contributed by atoms with Crippen LogP contribution in [0.2, 0.25) is 0 Å². The fourth-order valence-electron chi connectivity index (χ4n) is 3.52. The molecule has 2 aromatic carbocycles. The van der Waals surface area contributed by atoms with Crippen molar-refractivity contribution < 1.29 is 9.53 Å². The highest BCUT2D eigenvalue weighted by atomic mass is 32.2. The lowest BCUT2D eigenvalue weighted by Gasteiger charge is -2.22. The summed E-state index contributed by atoms with van der Waals surface area (Å²) in [5, 5.41) is 0.845. The number of carbonyl (C=O) groups is 1. The first-order valence-electron chi connectivity index (χ1n) is 10.2. The zero-order chi connectivity index (χ0) is 21.1. The highest BCUT2D eigenvalue weighted by Crippen LogP contribution is 2.30. The van der Waals surface area contributed by atoms with Gasteiger partial charge in [0, 0.05) is 25.0 Å².